The van der Waals surface area contributed by atoms with Crippen LogP contribution < -0.4 is 20.1 Å². The summed E-state index contributed by atoms with van der Waals surface area (Å²) in [7, 11) is 0. The van der Waals surface area contributed by atoms with Gasteiger partial charge in [-0.05, 0) is 19.4 Å². The van der Waals surface area contributed by atoms with Crippen molar-refractivity contribution in [1.29, 1.82) is 5.26 Å². The van der Waals surface area contributed by atoms with E-state index in [-0.39, 0.29) is 17.7 Å². The molecule has 2 heterocycles. The molecular weight excluding hydrogens is 362 g/mol. The highest BCUT2D eigenvalue weighted by molar-refractivity contribution is 7.07. The van der Waals surface area contributed by atoms with Crippen LogP contribution in [0.1, 0.15) is 38.2 Å². The van der Waals surface area contributed by atoms with Gasteiger partial charge in [0.25, 0.3) is 11.5 Å². The fourth-order valence-electron chi connectivity index (χ4n) is 2.47. The second-order valence-corrected chi connectivity index (χ2v) is 6.76. The van der Waals surface area contributed by atoms with Crippen LogP contribution in [0.2, 0.25) is 0 Å². The Balaban J connectivity index is 2.55. The van der Waals surface area contributed by atoms with Crippen molar-refractivity contribution in [2.45, 2.75) is 39.7 Å². The number of hydrogen-bond acceptors (Lipinski definition) is 5. The van der Waals surface area contributed by atoms with Crippen molar-refractivity contribution < 1.29 is 4.79 Å². The summed E-state index contributed by atoms with van der Waals surface area (Å²) >= 11 is 1.10. The number of amides is 1. The number of thiazole rings is 1. The minimum absolute atomic E-state index is 0.0133. The zero-order valence-corrected chi connectivity index (χ0v) is 16.2. The van der Waals surface area contributed by atoms with E-state index >= 15 is 0 Å². The third-order valence-electron chi connectivity index (χ3n) is 3.83. The van der Waals surface area contributed by atoms with Crippen LogP contribution in [-0.4, -0.2) is 27.0 Å². The Morgan fingerprint density at radius 1 is 1.52 bits per heavy atom. The van der Waals surface area contributed by atoms with Gasteiger partial charge >= 0.3 is 0 Å². The molecule has 0 saturated heterocycles. The number of aryl methyl sites for hydroxylation is 1. The highest BCUT2D eigenvalue weighted by Crippen LogP contribution is 2.02. The highest BCUT2D eigenvalue weighted by Gasteiger charge is 2.14. The van der Waals surface area contributed by atoms with E-state index in [1.165, 1.54) is 4.57 Å². The summed E-state index contributed by atoms with van der Waals surface area (Å²) < 4.78 is 2.16. The van der Waals surface area contributed by atoms with Crippen LogP contribution in [0.4, 0.5) is 0 Å². The lowest BCUT2D eigenvalue weighted by molar-refractivity contribution is -0.115. The summed E-state index contributed by atoms with van der Waals surface area (Å²) in [4.78, 5) is 32.4. The molecule has 0 bridgehead atoms. The standard InChI is InChI=1S/C19H21N5O2S/c1-4-7-8-16-22-12-13(23-16)10-15-18(26)24(6-3)19(27-15)14(11-20)17(25)21-9-5-2/h2,10,12H,4,6-9H2,1,3H3,(H,21,25)(H,22,23)/b15-10-,19-14-. The molecule has 0 aromatic carbocycles. The van der Waals surface area contributed by atoms with Crippen molar-refractivity contribution in [2.24, 2.45) is 0 Å². The summed E-state index contributed by atoms with van der Waals surface area (Å²) in [5.41, 5.74) is 0.339. The number of nitrogens with zero attached hydrogens (tertiary/aromatic N) is 3. The summed E-state index contributed by atoms with van der Waals surface area (Å²) in [5.74, 6) is 2.57. The topological polar surface area (TPSA) is 104 Å². The van der Waals surface area contributed by atoms with E-state index in [9.17, 15) is 14.9 Å². The number of carbonyl (C=O) groups is 1. The molecule has 0 saturated carbocycles. The molecule has 27 heavy (non-hydrogen) atoms. The lowest BCUT2D eigenvalue weighted by Crippen LogP contribution is -2.34. The zero-order chi connectivity index (χ0) is 19.8. The maximum Gasteiger partial charge on any atom is 0.269 e. The molecule has 140 valence electrons. The van der Waals surface area contributed by atoms with E-state index in [0.29, 0.717) is 21.4 Å². The van der Waals surface area contributed by atoms with E-state index in [1.54, 1.807) is 19.2 Å². The number of hydrogen-bond donors (Lipinski definition) is 2. The smallest absolute Gasteiger partial charge is 0.269 e. The molecule has 0 spiro atoms. The van der Waals surface area contributed by atoms with Crippen molar-refractivity contribution >= 4 is 28.9 Å². The SMILES string of the molecule is C#CCNC(=O)/C(C#N)=c1\s/c(=C\c2cnc(CCCC)[nH]2)c(=O)n1CC. The summed E-state index contributed by atoms with van der Waals surface area (Å²) in [5, 5.41) is 11.9. The van der Waals surface area contributed by atoms with Crippen molar-refractivity contribution in [3.05, 3.63) is 37.3 Å². The molecule has 2 aromatic rings. The molecule has 7 nitrogen and oxygen atoms in total. The Labute approximate surface area is 161 Å². The summed E-state index contributed by atoms with van der Waals surface area (Å²) in [6.45, 7) is 4.25. The highest BCUT2D eigenvalue weighted by atomic mass is 32.1. The average molecular weight is 383 g/mol. The first-order chi connectivity index (χ1) is 13.0. The molecular formula is C19H21N5O2S. The van der Waals surface area contributed by atoms with Gasteiger partial charge < -0.3 is 10.3 Å². The molecule has 0 aliphatic carbocycles. The molecule has 0 unspecified atom stereocenters. The van der Waals surface area contributed by atoms with Crippen LogP contribution in [0.3, 0.4) is 0 Å². The molecule has 1 amide bonds. The first-order valence-electron chi connectivity index (χ1n) is 8.66. The molecule has 2 aromatic heterocycles. The van der Waals surface area contributed by atoms with Gasteiger partial charge in [-0.25, -0.2) is 4.98 Å². The lowest BCUT2D eigenvalue weighted by atomic mass is 10.2. The number of H-pyrrole nitrogens is 1. The molecule has 0 fully saturated rings. The number of terminal acetylenes is 1. The van der Waals surface area contributed by atoms with Crippen LogP contribution >= 0.6 is 11.3 Å². The maximum atomic E-state index is 12.7. The largest absolute Gasteiger partial charge is 0.342 e. The minimum atomic E-state index is -0.589. The van der Waals surface area contributed by atoms with E-state index < -0.39 is 5.91 Å². The second-order valence-electron chi connectivity index (χ2n) is 5.73. The fraction of sp³-hybridized carbons (Fsp3) is 0.368. The number of nitrogens with one attached hydrogen (secondary N) is 2. The molecule has 0 aliphatic heterocycles. The summed E-state index contributed by atoms with van der Waals surface area (Å²) in [6.07, 6.45) is 11.5. The van der Waals surface area contributed by atoms with E-state index in [4.69, 9.17) is 6.42 Å². The van der Waals surface area contributed by atoms with E-state index in [2.05, 4.69) is 28.1 Å². The number of imidazole rings is 1. The van der Waals surface area contributed by atoms with E-state index in [1.807, 2.05) is 6.07 Å². The van der Waals surface area contributed by atoms with Crippen LogP contribution in [0.15, 0.2) is 11.0 Å². The van der Waals surface area contributed by atoms with Crippen LogP contribution in [0.25, 0.3) is 11.6 Å². The van der Waals surface area contributed by atoms with Crippen molar-refractivity contribution in [3.63, 3.8) is 0 Å². The van der Waals surface area contributed by atoms with Gasteiger partial charge in [0.1, 0.15) is 16.6 Å². The van der Waals surface area contributed by atoms with Gasteiger partial charge in [0.15, 0.2) is 5.57 Å². The number of rotatable bonds is 7. The molecule has 0 radical (unpaired) electrons. The molecule has 2 rings (SSSR count). The Morgan fingerprint density at radius 2 is 2.30 bits per heavy atom. The van der Waals surface area contributed by atoms with Crippen LogP contribution in [0.5, 0.6) is 0 Å². The number of unbranched alkanes of at least 4 members (excludes halogenated alkanes) is 1. The number of aromatic amines is 1. The van der Waals surface area contributed by atoms with Gasteiger partial charge in [-0.15, -0.1) is 17.8 Å². The molecule has 0 aliphatic rings. The van der Waals surface area contributed by atoms with Crippen LogP contribution in [0, 0.1) is 23.7 Å². The predicted molar refractivity (Wildman–Crippen MR) is 105 cm³/mol. The quantitative estimate of drug-likeness (QED) is 0.669. The third-order valence-corrected chi connectivity index (χ3v) is 4.96. The van der Waals surface area contributed by atoms with Gasteiger partial charge in [0.2, 0.25) is 0 Å². The first-order valence-corrected chi connectivity index (χ1v) is 9.48. The van der Waals surface area contributed by atoms with Crippen molar-refractivity contribution in [2.75, 3.05) is 6.54 Å². The molecule has 0 atom stereocenters. The predicted octanol–water partition coefficient (Wildman–Crippen LogP) is 0.248. The number of nitriles is 1. The molecule has 8 heteroatoms. The normalized spacial score (nSPS) is 12.4. The second kappa shape index (κ2) is 9.56. The Bertz CT molecular complexity index is 1080. The first kappa shape index (κ1) is 20.2. The Kier molecular flexibility index (Phi) is 7.16. The summed E-state index contributed by atoms with van der Waals surface area (Å²) in [6, 6.07) is 1.89. The number of aromatic nitrogens is 3. The fourth-order valence-corrected chi connectivity index (χ4v) is 3.63. The van der Waals surface area contributed by atoms with Crippen molar-refractivity contribution in [1.82, 2.24) is 19.9 Å². The van der Waals surface area contributed by atoms with E-state index in [0.717, 1.165) is 36.4 Å². The third kappa shape index (κ3) is 4.75. The van der Waals surface area contributed by atoms with Gasteiger partial charge in [-0.2, -0.15) is 5.26 Å². The Morgan fingerprint density at radius 3 is 2.93 bits per heavy atom. The minimum Gasteiger partial charge on any atom is -0.342 e. The van der Waals surface area contributed by atoms with Crippen LogP contribution in [-0.2, 0) is 17.8 Å². The van der Waals surface area contributed by atoms with Gasteiger partial charge in [-0.3, -0.25) is 14.2 Å². The van der Waals surface area contributed by atoms with Crippen molar-refractivity contribution in [3.8, 4) is 18.4 Å². The van der Waals surface area contributed by atoms with Gasteiger partial charge in [0.05, 0.1) is 23.0 Å². The monoisotopic (exact) mass is 383 g/mol. The average Bonchev–Trinajstić information content (AvgIpc) is 3.23. The van der Waals surface area contributed by atoms with Gasteiger partial charge in [-0.1, -0.05) is 19.3 Å². The number of carbonyl (C=O) groups excluding carboxylic acids is 1. The Hall–Kier alpha value is -3.10. The maximum absolute atomic E-state index is 12.7. The zero-order valence-electron chi connectivity index (χ0n) is 15.3. The molecule has 2 N–H and O–H groups in total. The lowest BCUT2D eigenvalue weighted by Gasteiger charge is -2.00. The van der Waals surface area contributed by atoms with Gasteiger partial charge in [0, 0.05) is 13.0 Å².